The Morgan fingerprint density at radius 2 is 1.73 bits per heavy atom. The molecule has 1 amide bonds. The predicted octanol–water partition coefficient (Wildman–Crippen LogP) is 2.53. The maximum atomic E-state index is 12.8. The summed E-state index contributed by atoms with van der Waals surface area (Å²) in [7, 11) is -3.66. The molecule has 3 rings (SSSR count). The van der Waals surface area contributed by atoms with Crippen LogP contribution in [-0.2, 0) is 16.6 Å². The van der Waals surface area contributed by atoms with Crippen LogP contribution in [0.25, 0.3) is 0 Å². The Labute approximate surface area is 176 Å². The third kappa shape index (κ3) is 5.74. The summed E-state index contributed by atoms with van der Waals surface area (Å²) in [5.41, 5.74) is 0.693. The van der Waals surface area contributed by atoms with Gasteiger partial charge in [0, 0.05) is 11.1 Å². The molecule has 30 heavy (non-hydrogen) atoms. The molecule has 0 aliphatic heterocycles. The van der Waals surface area contributed by atoms with Crippen molar-refractivity contribution in [3.8, 4) is 0 Å². The molecule has 0 radical (unpaired) electrons. The molecule has 0 fully saturated rings. The largest absolute Gasteiger partial charge is 0.343 e. The summed E-state index contributed by atoms with van der Waals surface area (Å²) in [6.07, 6.45) is 3.03. The van der Waals surface area contributed by atoms with E-state index in [1.54, 1.807) is 31.8 Å². The molecule has 0 spiro atoms. The molecule has 1 atom stereocenters. The first-order chi connectivity index (χ1) is 14.1. The van der Waals surface area contributed by atoms with E-state index >= 15 is 0 Å². The molecule has 0 saturated carbocycles. The number of hydrogen-bond donors (Lipinski definition) is 2. The Balaban J connectivity index is 1.77. The Morgan fingerprint density at radius 1 is 1.07 bits per heavy atom. The number of aromatic nitrogens is 3. The van der Waals surface area contributed by atoms with Gasteiger partial charge in [0.05, 0.1) is 17.5 Å². The van der Waals surface area contributed by atoms with Crippen molar-refractivity contribution in [3.05, 3.63) is 78.4 Å². The fraction of sp³-hybridized carbons (Fsp3) is 0.286. The van der Waals surface area contributed by atoms with Crippen LogP contribution < -0.4 is 10.0 Å². The van der Waals surface area contributed by atoms with Gasteiger partial charge in [0.1, 0.15) is 12.7 Å². The van der Waals surface area contributed by atoms with E-state index in [2.05, 4.69) is 20.1 Å². The zero-order valence-corrected chi connectivity index (χ0v) is 17.9. The second-order valence-electron chi connectivity index (χ2n) is 7.93. The highest BCUT2D eigenvalue weighted by Gasteiger charge is 2.22. The Morgan fingerprint density at radius 3 is 2.30 bits per heavy atom. The molecule has 2 aromatic carbocycles. The van der Waals surface area contributed by atoms with E-state index in [4.69, 9.17) is 0 Å². The van der Waals surface area contributed by atoms with Crippen LogP contribution in [0, 0.1) is 0 Å². The van der Waals surface area contributed by atoms with Crippen molar-refractivity contribution >= 4 is 15.9 Å². The topological polar surface area (TPSA) is 106 Å². The van der Waals surface area contributed by atoms with Crippen LogP contribution in [0.15, 0.2) is 72.1 Å². The lowest BCUT2D eigenvalue weighted by Gasteiger charge is -2.21. The summed E-state index contributed by atoms with van der Waals surface area (Å²) < 4.78 is 29.1. The Kier molecular flexibility index (Phi) is 6.33. The molecule has 9 heteroatoms. The van der Waals surface area contributed by atoms with Gasteiger partial charge in [-0.25, -0.2) is 18.1 Å². The molecule has 1 unspecified atom stereocenters. The smallest absolute Gasteiger partial charge is 0.251 e. The third-order valence-electron chi connectivity index (χ3n) is 4.21. The van der Waals surface area contributed by atoms with E-state index in [-0.39, 0.29) is 16.8 Å². The minimum atomic E-state index is -3.66. The fourth-order valence-corrected chi connectivity index (χ4v) is 4.34. The van der Waals surface area contributed by atoms with E-state index in [0.29, 0.717) is 12.1 Å². The van der Waals surface area contributed by atoms with Crippen molar-refractivity contribution in [2.45, 2.75) is 43.8 Å². The number of nitrogens with zero attached hydrogens (tertiary/aromatic N) is 3. The van der Waals surface area contributed by atoms with Gasteiger partial charge in [0.15, 0.2) is 0 Å². The molecule has 0 aliphatic rings. The van der Waals surface area contributed by atoms with Crippen LogP contribution in [0.4, 0.5) is 0 Å². The van der Waals surface area contributed by atoms with E-state index in [9.17, 15) is 13.2 Å². The quantitative estimate of drug-likeness (QED) is 0.603. The van der Waals surface area contributed by atoms with Gasteiger partial charge in [-0.3, -0.25) is 9.48 Å². The first-order valence-electron chi connectivity index (χ1n) is 9.46. The van der Waals surface area contributed by atoms with Gasteiger partial charge in [-0.15, -0.1) is 0 Å². The van der Waals surface area contributed by atoms with Gasteiger partial charge in [-0.05, 0) is 50.6 Å². The standard InChI is InChI=1S/C21H25N5O3S/c1-21(2,3)25-30(28,29)18-11-9-17(10-12-18)20(27)24-19(13-26-15-22-14-23-26)16-7-5-4-6-8-16/h4-12,14-15,19,25H,13H2,1-3H3,(H,24,27). The van der Waals surface area contributed by atoms with Crippen molar-refractivity contribution < 1.29 is 13.2 Å². The second kappa shape index (κ2) is 8.76. The number of amides is 1. The third-order valence-corrected chi connectivity index (χ3v) is 5.98. The lowest BCUT2D eigenvalue weighted by Crippen LogP contribution is -2.40. The first kappa shape index (κ1) is 21.7. The SMILES string of the molecule is CC(C)(C)NS(=O)(=O)c1ccc(C(=O)NC(Cn2cncn2)c2ccccc2)cc1. The second-order valence-corrected chi connectivity index (χ2v) is 9.62. The summed E-state index contributed by atoms with van der Waals surface area (Å²) in [4.78, 5) is 16.9. The maximum Gasteiger partial charge on any atom is 0.251 e. The number of carbonyl (C=O) groups is 1. The van der Waals surface area contributed by atoms with Crippen molar-refractivity contribution in [1.82, 2.24) is 24.8 Å². The molecule has 0 bridgehead atoms. The monoisotopic (exact) mass is 427 g/mol. The zero-order valence-electron chi connectivity index (χ0n) is 17.1. The van der Waals surface area contributed by atoms with E-state index < -0.39 is 15.6 Å². The van der Waals surface area contributed by atoms with E-state index in [0.717, 1.165) is 5.56 Å². The Hall–Kier alpha value is -3.04. The summed E-state index contributed by atoms with van der Waals surface area (Å²) in [5.74, 6) is -0.309. The van der Waals surface area contributed by atoms with Crippen LogP contribution in [0.5, 0.6) is 0 Å². The molecule has 2 N–H and O–H groups in total. The van der Waals surface area contributed by atoms with Gasteiger partial charge >= 0.3 is 0 Å². The minimum absolute atomic E-state index is 0.108. The number of benzene rings is 2. The van der Waals surface area contributed by atoms with Crippen molar-refractivity contribution in [1.29, 1.82) is 0 Å². The van der Waals surface area contributed by atoms with Crippen LogP contribution in [-0.4, -0.2) is 34.6 Å². The first-order valence-corrected chi connectivity index (χ1v) is 10.9. The molecule has 8 nitrogen and oxygen atoms in total. The highest BCUT2D eigenvalue weighted by atomic mass is 32.2. The molecule has 0 saturated heterocycles. The molecule has 1 aromatic heterocycles. The average molecular weight is 428 g/mol. The van der Waals surface area contributed by atoms with Gasteiger partial charge in [-0.1, -0.05) is 30.3 Å². The number of carbonyl (C=O) groups excluding carboxylic acids is 1. The van der Waals surface area contributed by atoms with Gasteiger partial charge in [0.2, 0.25) is 10.0 Å². The van der Waals surface area contributed by atoms with Crippen LogP contribution >= 0.6 is 0 Å². The van der Waals surface area contributed by atoms with Crippen LogP contribution in [0.1, 0.15) is 42.7 Å². The number of nitrogens with one attached hydrogen (secondary N) is 2. The summed E-state index contributed by atoms with van der Waals surface area (Å²) in [5, 5.41) is 7.10. The van der Waals surface area contributed by atoms with Crippen molar-refractivity contribution in [2.75, 3.05) is 0 Å². The van der Waals surface area contributed by atoms with E-state index in [1.807, 2.05) is 30.3 Å². The summed E-state index contributed by atoms with van der Waals surface area (Å²) in [6, 6.07) is 15.1. The number of sulfonamides is 1. The predicted molar refractivity (Wildman–Crippen MR) is 113 cm³/mol. The molecular weight excluding hydrogens is 402 g/mol. The average Bonchev–Trinajstić information content (AvgIpc) is 3.19. The normalized spacial score (nSPS) is 13.0. The molecular formula is C21H25N5O3S. The van der Waals surface area contributed by atoms with Gasteiger partial charge in [0.25, 0.3) is 5.91 Å². The summed E-state index contributed by atoms with van der Waals surface area (Å²) >= 11 is 0. The zero-order chi connectivity index (χ0) is 21.8. The lowest BCUT2D eigenvalue weighted by molar-refractivity contribution is 0.0931. The van der Waals surface area contributed by atoms with Crippen LogP contribution in [0.2, 0.25) is 0 Å². The molecule has 0 aliphatic carbocycles. The Bertz CT molecular complexity index is 1070. The minimum Gasteiger partial charge on any atom is -0.343 e. The lowest BCUT2D eigenvalue weighted by atomic mass is 10.1. The molecule has 3 aromatic rings. The van der Waals surface area contributed by atoms with Crippen molar-refractivity contribution in [2.24, 2.45) is 0 Å². The van der Waals surface area contributed by atoms with Crippen molar-refractivity contribution in [3.63, 3.8) is 0 Å². The molecule has 1 heterocycles. The maximum absolute atomic E-state index is 12.8. The van der Waals surface area contributed by atoms with Gasteiger partial charge in [-0.2, -0.15) is 5.10 Å². The number of hydrogen-bond acceptors (Lipinski definition) is 5. The highest BCUT2D eigenvalue weighted by Crippen LogP contribution is 2.17. The fourth-order valence-electron chi connectivity index (χ4n) is 2.92. The van der Waals surface area contributed by atoms with E-state index in [1.165, 1.54) is 30.6 Å². The molecule has 158 valence electrons. The summed E-state index contributed by atoms with van der Waals surface area (Å²) in [6.45, 7) is 5.72. The van der Waals surface area contributed by atoms with Gasteiger partial charge < -0.3 is 5.32 Å². The number of rotatable bonds is 7. The highest BCUT2D eigenvalue weighted by molar-refractivity contribution is 7.89. The van der Waals surface area contributed by atoms with Crippen LogP contribution in [0.3, 0.4) is 0 Å².